The van der Waals surface area contributed by atoms with E-state index in [9.17, 15) is 8.78 Å². The smallest absolute Gasteiger partial charge is 0.297 e. The average Bonchev–Trinajstić information content (AvgIpc) is 2.05. The maximum Gasteiger partial charge on any atom is 0.297 e. The highest BCUT2D eigenvalue weighted by atomic mass is 35.5. The molecule has 1 heterocycles. The van der Waals surface area contributed by atoms with E-state index in [2.05, 4.69) is 0 Å². The van der Waals surface area contributed by atoms with Crippen molar-refractivity contribution >= 4 is 0 Å². The first-order valence-corrected chi connectivity index (χ1v) is 3.69. The van der Waals surface area contributed by atoms with Crippen LogP contribution in [0, 0.1) is 0 Å². The van der Waals surface area contributed by atoms with Crippen LogP contribution in [0.5, 0.6) is 0 Å². The van der Waals surface area contributed by atoms with Crippen molar-refractivity contribution in [1.82, 2.24) is 0 Å². The van der Waals surface area contributed by atoms with Crippen molar-refractivity contribution in [2.75, 3.05) is 0 Å². The Kier molecular flexibility index (Phi) is 4.90. The van der Waals surface area contributed by atoms with Crippen LogP contribution in [0.3, 0.4) is 0 Å². The Morgan fingerprint density at radius 3 is 2.07 bits per heavy atom. The molecule has 1 aromatic heterocycles. The summed E-state index contributed by atoms with van der Waals surface area (Å²) in [6, 6.07) is 4.93. The molecule has 0 spiro atoms. The van der Waals surface area contributed by atoms with E-state index in [1.807, 2.05) is 0 Å². The van der Waals surface area contributed by atoms with Gasteiger partial charge < -0.3 is 22.6 Å². The van der Waals surface area contributed by atoms with Gasteiger partial charge in [0.1, 0.15) is 0 Å². The Labute approximate surface area is 86.0 Å². The number of rotatable bonds is 3. The summed E-state index contributed by atoms with van der Waals surface area (Å²) >= 11 is 0. The molecule has 1 aromatic rings. The van der Waals surface area contributed by atoms with Gasteiger partial charge in [-0.2, -0.15) is 4.57 Å². The zero-order valence-electron chi connectivity index (χ0n) is 7.15. The number of aromatic nitrogens is 1. The van der Waals surface area contributed by atoms with E-state index in [0.29, 0.717) is 0 Å². The highest BCUT2D eigenvalue weighted by Gasteiger charge is 2.39. The van der Waals surface area contributed by atoms with Gasteiger partial charge in [-0.1, -0.05) is 6.07 Å². The van der Waals surface area contributed by atoms with E-state index < -0.39 is 18.8 Å². The van der Waals surface area contributed by atoms with E-state index in [1.165, 1.54) is 17.0 Å². The molecule has 0 unspecified atom stereocenters. The van der Waals surface area contributed by atoms with Gasteiger partial charge in [0, 0.05) is 12.1 Å². The van der Waals surface area contributed by atoms with Gasteiger partial charge in [0.2, 0.25) is 6.54 Å². The Morgan fingerprint density at radius 2 is 1.64 bits per heavy atom. The first-order valence-electron chi connectivity index (χ1n) is 3.69. The predicted molar refractivity (Wildman–Crippen MR) is 39.8 cm³/mol. The van der Waals surface area contributed by atoms with Crippen molar-refractivity contribution in [1.29, 1.82) is 0 Å². The normalized spacial score (nSPS) is 11.2. The summed E-state index contributed by atoms with van der Waals surface area (Å²) in [6.07, 6.45) is -0.229. The maximum absolute atomic E-state index is 12.0. The second-order valence-electron chi connectivity index (χ2n) is 2.73. The topological polar surface area (TPSA) is 44.3 Å². The second-order valence-corrected chi connectivity index (χ2v) is 2.73. The zero-order chi connectivity index (χ0) is 9.90. The first-order chi connectivity index (χ1) is 6.02. The molecular formula is C8H10ClF2NO2. The molecule has 14 heavy (non-hydrogen) atoms. The standard InChI is InChI=1S/C8H10F2NO2.ClH/c9-7(10)8(12,13)6-11-4-2-1-3-5-11;/h1-5,7,12-13H,6H2;1H/q+1;/p-1. The van der Waals surface area contributed by atoms with Gasteiger partial charge >= 0.3 is 0 Å². The number of alkyl halides is 2. The van der Waals surface area contributed by atoms with Crippen molar-refractivity contribution in [2.24, 2.45) is 0 Å². The van der Waals surface area contributed by atoms with Crippen molar-refractivity contribution in [3.63, 3.8) is 0 Å². The van der Waals surface area contributed by atoms with Crippen molar-refractivity contribution in [3.05, 3.63) is 30.6 Å². The fourth-order valence-electron chi connectivity index (χ4n) is 0.877. The minimum atomic E-state index is -3.18. The molecule has 0 atom stereocenters. The van der Waals surface area contributed by atoms with Gasteiger partial charge in [-0.3, -0.25) is 0 Å². The van der Waals surface area contributed by atoms with Crippen LogP contribution in [0.15, 0.2) is 30.6 Å². The molecule has 0 aliphatic carbocycles. The van der Waals surface area contributed by atoms with Crippen LogP contribution in [0.1, 0.15) is 0 Å². The lowest BCUT2D eigenvalue weighted by Crippen LogP contribution is -3.00. The summed E-state index contributed by atoms with van der Waals surface area (Å²) in [7, 11) is 0. The number of nitrogens with zero attached hydrogens (tertiary/aromatic N) is 1. The van der Waals surface area contributed by atoms with Gasteiger partial charge in [-0.15, -0.1) is 0 Å². The Morgan fingerprint density at radius 1 is 1.14 bits per heavy atom. The molecule has 0 aliphatic rings. The lowest BCUT2D eigenvalue weighted by Gasteiger charge is -2.16. The summed E-state index contributed by atoms with van der Waals surface area (Å²) in [4.78, 5) is 0. The Hall–Kier alpha value is -0.780. The summed E-state index contributed by atoms with van der Waals surface area (Å²) in [5, 5.41) is 17.7. The highest BCUT2D eigenvalue weighted by Crippen LogP contribution is 2.11. The minimum Gasteiger partial charge on any atom is -1.00 e. The summed E-state index contributed by atoms with van der Waals surface area (Å²) in [6.45, 7) is -0.550. The molecule has 0 saturated carbocycles. The lowest BCUT2D eigenvalue weighted by molar-refractivity contribution is -0.722. The van der Waals surface area contributed by atoms with E-state index in [0.717, 1.165) is 0 Å². The molecule has 6 heteroatoms. The first kappa shape index (κ1) is 13.2. The summed E-state index contributed by atoms with van der Waals surface area (Å²) in [5.41, 5.74) is 0. The lowest BCUT2D eigenvalue weighted by atomic mass is 10.3. The quantitative estimate of drug-likeness (QED) is 0.424. The van der Waals surface area contributed by atoms with Gasteiger partial charge in [-0.05, 0) is 0 Å². The molecule has 0 aromatic carbocycles. The van der Waals surface area contributed by atoms with E-state index in [1.54, 1.807) is 18.2 Å². The summed E-state index contributed by atoms with van der Waals surface area (Å²) in [5.74, 6) is -2.97. The number of halogens is 3. The fraction of sp³-hybridized carbons (Fsp3) is 0.375. The molecule has 80 valence electrons. The minimum absolute atomic E-state index is 0. The second kappa shape index (κ2) is 5.19. The van der Waals surface area contributed by atoms with E-state index in [-0.39, 0.29) is 12.4 Å². The van der Waals surface area contributed by atoms with Crippen LogP contribution in [-0.2, 0) is 6.54 Å². The Bertz CT molecular complexity index is 269. The Balaban J connectivity index is 0.00000169. The van der Waals surface area contributed by atoms with Crippen molar-refractivity contribution in [3.8, 4) is 0 Å². The van der Waals surface area contributed by atoms with Crippen LogP contribution in [0.25, 0.3) is 0 Å². The fourth-order valence-corrected chi connectivity index (χ4v) is 0.877. The largest absolute Gasteiger partial charge is 1.00 e. The van der Waals surface area contributed by atoms with E-state index in [4.69, 9.17) is 10.2 Å². The highest BCUT2D eigenvalue weighted by molar-refractivity contribution is 4.83. The molecule has 0 amide bonds. The van der Waals surface area contributed by atoms with Crippen LogP contribution < -0.4 is 17.0 Å². The number of hydrogen-bond donors (Lipinski definition) is 2. The van der Waals surface area contributed by atoms with Gasteiger partial charge in [0.05, 0.1) is 0 Å². The average molecular weight is 226 g/mol. The zero-order valence-corrected chi connectivity index (χ0v) is 7.90. The van der Waals surface area contributed by atoms with E-state index >= 15 is 0 Å². The maximum atomic E-state index is 12.0. The molecule has 1 rings (SSSR count). The third-order valence-corrected chi connectivity index (χ3v) is 1.54. The van der Waals surface area contributed by atoms with Gasteiger partial charge in [0.25, 0.3) is 12.2 Å². The molecule has 2 N–H and O–H groups in total. The number of hydrogen-bond acceptors (Lipinski definition) is 2. The number of pyridine rings is 1. The number of aliphatic hydroxyl groups is 2. The SMILES string of the molecule is OC(O)(C[n+]1ccccc1)C(F)F.[Cl-]. The molecule has 0 bridgehead atoms. The molecular weight excluding hydrogens is 216 g/mol. The molecule has 0 saturated heterocycles. The van der Waals surface area contributed by atoms with Crippen LogP contribution in [0.4, 0.5) is 8.78 Å². The summed E-state index contributed by atoms with van der Waals surface area (Å²) < 4.78 is 25.2. The molecule has 0 radical (unpaired) electrons. The van der Waals surface area contributed by atoms with Gasteiger partial charge in [-0.25, -0.2) is 8.78 Å². The van der Waals surface area contributed by atoms with Crippen molar-refractivity contribution < 1.29 is 36.0 Å². The molecule has 0 aliphatic heterocycles. The molecule has 3 nitrogen and oxygen atoms in total. The van der Waals surface area contributed by atoms with Crippen LogP contribution in [-0.4, -0.2) is 22.4 Å². The van der Waals surface area contributed by atoms with Gasteiger partial charge in [0.15, 0.2) is 12.4 Å². The third kappa shape index (κ3) is 3.53. The van der Waals surface area contributed by atoms with Crippen LogP contribution in [0.2, 0.25) is 0 Å². The third-order valence-electron chi connectivity index (χ3n) is 1.54. The predicted octanol–water partition coefficient (Wildman–Crippen LogP) is -3.08. The van der Waals surface area contributed by atoms with Crippen LogP contribution >= 0.6 is 0 Å². The van der Waals surface area contributed by atoms with Crippen molar-refractivity contribution in [2.45, 2.75) is 18.8 Å². The monoisotopic (exact) mass is 225 g/mol. The molecule has 0 fully saturated rings.